The van der Waals surface area contributed by atoms with E-state index in [-0.39, 0.29) is 12.3 Å². The van der Waals surface area contributed by atoms with Gasteiger partial charge in [-0.3, -0.25) is 19.2 Å². The Morgan fingerprint density at radius 2 is 1.59 bits per heavy atom. The van der Waals surface area contributed by atoms with E-state index in [4.69, 9.17) is 23.7 Å². The summed E-state index contributed by atoms with van der Waals surface area (Å²) in [6.07, 6.45) is 3.09. The molecule has 0 saturated carbocycles. The van der Waals surface area contributed by atoms with Crippen molar-refractivity contribution in [2.75, 3.05) is 0 Å². The maximum atomic E-state index is 12.2. The van der Waals surface area contributed by atoms with Crippen LogP contribution in [0.5, 0.6) is 0 Å². The quantitative estimate of drug-likeness (QED) is 0.273. The molecule has 0 aromatic carbocycles. The zero-order valence-electron chi connectivity index (χ0n) is 22.7. The molecule has 1 aliphatic carbocycles. The van der Waals surface area contributed by atoms with Crippen molar-refractivity contribution < 1.29 is 42.9 Å². The van der Waals surface area contributed by atoms with Crippen molar-refractivity contribution in [1.29, 1.82) is 0 Å². The molecule has 0 spiro atoms. The van der Waals surface area contributed by atoms with Gasteiger partial charge in [-0.05, 0) is 45.8 Å². The Bertz CT molecular complexity index is 999. The standard InChI is InChI=1S/C28H38O9/c1-15(2)11-25(35-19(6)30)27(36-20(7)31)24-14-33-28(37-21(8)32)26-17(4)13-22(34-18(5)29)12-16(3)9-10-23(24)26/h11-12,14,22-23,25-28H,4,9-10,13H2,1-3,5-8H3/t22-,23+,25+,26-,27-,28+/m0/s1. The first kappa shape index (κ1) is 29.9. The van der Waals surface area contributed by atoms with E-state index in [0.29, 0.717) is 24.0 Å². The van der Waals surface area contributed by atoms with Crippen molar-refractivity contribution in [1.82, 2.24) is 0 Å². The molecule has 0 bridgehead atoms. The number of carbonyl (C=O) groups is 4. The van der Waals surface area contributed by atoms with Gasteiger partial charge in [0.25, 0.3) is 0 Å². The van der Waals surface area contributed by atoms with Crippen LogP contribution in [-0.4, -0.2) is 48.5 Å². The lowest BCUT2D eigenvalue weighted by molar-refractivity contribution is -0.182. The smallest absolute Gasteiger partial charge is 0.305 e. The van der Waals surface area contributed by atoms with Crippen molar-refractivity contribution in [2.24, 2.45) is 11.8 Å². The summed E-state index contributed by atoms with van der Waals surface area (Å²) in [5.41, 5.74) is 3.08. The third-order valence-electron chi connectivity index (χ3n) is 6.07. The Kier molecular flexibility index (Phi) is 10.7. The predicted molar refractivity (Wildman–Crippen MR) is 135 cm³/mol. The molecule has 1 aliphatic heterocycles. The lowest BCUT2D eigenvalue weighted by Gasteiger charge is -2.41. The van der Waals surface area contributed by atoms with E-state index in [1.807, 2.05) is 26.8 Å². The van der Waals surface area contributed by atoms with Gasteiger partial charge in [0.2, 0.25) is 6.29 Å². The van der Waals surface area contributed by atoms with Crippen LogP contribution in [0, 0.1) is 11.8 Å². The zero-order chi connectivity index (χ0) is 27.9. The number of esters is 4. The fourth-order valence-corrected chi connectivity index (χ4v) is 4.81. The molecule has 204 valence electrons. The van der Waals surface area contributed by atoms with Crippen LogP contribution in [0.2, 0.25) is 0 Å². The van der Waals surface area contributed by atoms with Crippen molar-refractivity contribution in [3.8, 4) is 0 Å². The van der Waals surface area contributed by atoms with Crippen LogP contribution < -0.4 is 0 Å². The predicted octanol–water partition coefficient (Wildman–Crippen LogP) is 4.47. The number of ether oxygens (including phenoxy) is 5. The monoisotopic (exact) mass is 518 g/mol. The van der Waals surface area contributed by atoms with Gasteiger partial charge in [0.1, 0.15) is 6.10 Å². The minimum Gasteiger partial charge on any atom is -0.462 e. The third kappa shape index (κ3) is 8.91. The Labute approximate surface area is 218 Å². The Balaban J connectivity index is 2.63. The molecular weight excluding hydrogens is 480 g/mol. The molecule has 37 heavy (non-hydrogen) atoms. The van der Waals surface area contributed by atoms with Crippen molar-refractivity contribution >= 4 is 23.9 Å². The van der Waals surface area contributed by atoms with Crippen LogP contribution >= 0.6 is 0 Å². The minimum atomic E-state index is -0.983. The maximum Gasteiger partial charge on any atom is 0.305 e. The van der Waals surface area contributed by atoms with Gasteiger partial charge < -0.3 is 23.7 Å². The van der Waals surface area contributed by atoms with Crippen molar-refractivity contribution in [2.45, 2.75) is 92.3 Å². The molecule has 0 amide bonds. The van der Waals surface area contributed by atoms with Gasteiger partial charge in [-0.25, -0.2) is 0 Å². The first-order valence-corrected chi connectivity index (χ1v) is 12.3. The highest BCUT2D eigenvalue weighted by molar-refractivity contribution is 5.68. The summed E-state index contributed by atoms with van der Waals surface area (Å²) >= 11 is 0. The summed E-state index contributed by atoms with van der Waals surface area (Å²) in [7, 11) is 0. The fraction of sp³-hybridized carbons (Fsp3) is 0.571. The van der Waals surface area contributed by atoms with E-state index in [9.17, 15) is 19.2 Å². The highest BCUT2D eigenvalue weighted by Gasteiger charge is 2.46. The molecule has 0 unspecified atom stereocenters. The highest BCUT2D eigenvalue weighted by atomic mass is 16.7. The minimum absolute atomic E-state index is 0.284. The number of hydrogen-bond acceptors (Lipinski definition) is 9. The average Bonchev–Trinajstić information content (AvgIpc) is 2.79. The summed E-state index contributed by atoms with van der Waals surface area (Å²) in [5, 5.41) is 0. The first-order valence-electron chi connectivity index (χ1n) is 12.3. The molecule has 0 fully saturated rings. The van der Waals surface area contributed by atoms with Crippen molar-refractivity contribution in [3.63, 3.8) is 0 Å². The van der Waals surface area contributed by atoms with E-state index in [1.54, 1.807) is 6.08 Å². The first-order chi connectivity index (χ1) is 17.3. The maximum absolute atomic E-state index is 12.2. The zero-order valence-corrected chi connectivity index (χ0v) is 22.7. The normalized spacial score (nSPS) is 25.1. The topological polar surface area (TPSA) is 114 Å². The molecule has 6 atom stereocenters. The second kappa shape index (κ2) is 13.3. The van der Waals surface area contributed by atoms with Crippen LogP contribution in [0.15, 0.2) is 47.3 Å². The highest BCUT2D eigenvalue weighted by Crippen LogP contribution is 2.44. The summed E-state index contributed by atoms with van der Waals surface area (Å²) in [5.74, 6) is -2.93. The molecule has 0 aromatic heterocycles. The summed E-state index contributed by atoms with van der Waals surface area (Å²) in [4.78, 5) is 47.8. The van der Waals surface area contributed by atoms with Gasteiger partial charge in [0.05, 0.1) is 12.2 Å². The van der Waals surface area contributed by atoms with Gasteiger partial charge in [-0.2, -0.15) is 0 Å². The second-order valence-corrected chi connectivity index (χ2v) is 9.77. The summed E-state index contributed by atoms with van der Waals surface area (Å²) < 4.78 is 28.2. The van der Waals surface area contributed by atoms with Crippen molar-refractivity contribution in [3.05, 3.63) is 47.3 Å². The Hall–Kier alpha value is -3.36. The third-order valence-corrected chi connectivity index (χ3v) is 6.07. The Morgan fingerprint density at radius 1 is 0.973 bits per heavy atom. The molecule has 0 radical (unpaired) electrons. The van der Waals surface area contributed by atoms with Crippen LogP contribution in [-0.2, 0) is 42.9 Å². The molecule has 2 aliphatic rings. The molecule has 1 heterocycles. The van der Waals surface area contributed by atoms with E-state index >= 15 is 0 Å². The lowest BCUT2D eigenvalue weighted by atomic mass is 9.74. The number of allylic oxidation sites excluding steroid dienone is 2. The molecule has 0 N–H and O–H groups in total. The van der Waals surface area contributed by atoms with Crippen LogP contribution in [0.4, 0.5) is 0 Å². The molecular formula is C28H38O9. The number of hydrogen-bond donors (Lipinski definition) is 0. The van der Waals surface area contributed by atoms with Gasteiger partial charge in [-0.15, -0.1) is 0 Å². The fourth-order valence-electron chi connectivity index (χ4n) is 4.81. The van der Waals surface area contributed by atoms with Crippen LogP contribution in [0.3, 0.4) is 0 Å². The SMILES string of the molecule is C=C1C[C@@H](OC(C)=O)C=C(C)CC[C@@H]2C([C@H](OC(C)=O)[C@@H](C=C(C)C)OC(C)=O)=CO[C@H](OC(C)=O)[C@@H]12. The second-order valence-electron chi connectivity index (χ2n) is 9.77. The average molecular weight is 519 g/mol. The Morgan fingerprint density at radius 3 is 2.14 bits per heavy atom. The number of fused-ring (bicyclic) bond motifs is 1. The largest absolute Gasteiger partial charge is 0.462 e. The molecule has 0 aromatic rings. The number of carbonyl (C=O) groups excluding carboxylic acids is 4. The van der Waals surface area contributed by atoms with Gasteiger partial charge in [0, 0.05) is 45.6 Å². The van der Waals surface area contributed by atoms with Gasteiger partial charge >= 0.3 is 23.9 Å². The summed E-state index contributed by atoms with van der Waals surface area (Å²) in [6.45, 7) is 15.1. The van der Waals surface area contributed by atoms with E-state index in [1.165, 1.54) is 34.0 Å². The van der Waals surface area contributed by atoms with E-state index < -0.39 is 54.4 Å². The summed E-state index contributed by atoms with van der Waals surface area (Å²) in [6, 6.07) is 0. The van der Waals surface area contributed by atoms with Gasteiger partial charge in [-0.1, -0.05) is 23.3 Å². The number of rotatable bonds is 7. The van der Waals surface area contributed by atoms with E-state index in [0.717, 1.165) is 11.1 Å². The molecule has 9 heteroatoms. The lowest BCUT2D eigenvalue weighted by Crippen LogP contribution is -2.45. The van der Waals surface area contributed by atoms with Gasteiger partial charge in [0.15, 0.2) is 12.2 Å². The van der Waals surface area contributed by atoms with Crippen LogP contribution in [0.1, 0.15) is 67.7 Å². The molecule has 0 saturated heterocycles. The van der Waals surface area contributed by atoms with Crippen LogP contribution in [0.25, 0.3) is 0 Å². The molecule has 2 rings (SSSR count). The molecule has 9 nitrogen and oxygen atoms in total. The van der Waals surface area contributed by atoms with E-state index in [2.05, 4.69) is 6.58 Å².